The van der Waals surface area contributed by atoms with Gasteiger partial charge in [0, 0.05) is 43.7 Å². The molecular formula is C32H35N7O5S. The first-order chi connectivity index (χ1) is 21.8. The van der Waals surface area contributed by atoms with Gasteiger partial charge in [-0.3, -0.25) is 24.2 Å². The summed E-state index contributed by atoms with van der Waals surface area (Å²) in [4.78, 5) is 67.4. The minimum Gasteiger partial charge on any atom is -0.446 e. The molecule has 3 aromatic heterocycles. The maximum absolute atomic E-state index is 13.4. The van der Waals surface area contributed by atoms with Gasteiger partial charge < -0.3 is 25.3 Å². The number of oxazole rings is 1. The standard InChI is InChI=1S/C32H35N7O5S/c1-20(2)28-32-37-25(19-45-32)30(43)35-23(16-22-6-4-3-5-7-22)31-36-24(18-44-31)29(42)34-14-15-39(17-26(40)38-28)27(41)9-8-21-10-12-33-13-11-21/h3-7,10-13,18-20,23,28H,8-9,14-17H2,1-2H3,(H,34,42)(H,35,43)(H,38,40)/t23-,28-/m0/s1. The lowest BCUT2D eigenvalue weighted by atomic mass is 10.0. The number of rotatable bonds is 6. The van der Waals surface area contributed by atoms with Crippen molar-refractivity contribution in [1.29, 1.82) is 0 Å². The molecule has 5 rings (SSSR count). The summed E-state index contributed by atoms with van der Waals surface area (Å²) in [6.07, 6.45) is 5.60. The fraction of sp³-hybridized carbons (Fsp3) is 0.344. The number of thiazole rings is 1. The molecule has 1 aromatic carbocycles. The van der Waals surface area contributed by atoms with E-state index in [4.69, 9.17) is 4.42 Å². The monoisotopic (exact) mass is 629 g/mol. The number of carbonyl (C=O) groups is 4. The Hall–Kier alpha value is -4.91. The zero-order valence-corrected chi connectivity index (χ0v) is 25.9. The number of fused-ring (bicyclic) bond motifs is 4. The zero-order chi connectivity index (χ0) is 31.8. The number of hydrogen-bond donors (Lipinski definition) is 3. The van der Waals surface area contributed by atoms with Gasteiger partial charge in [0.1, 0.15) is 23.0 Å². The highest BCUT2D eigenvalue weighted by atomic mass is 32.1. The minimum atomic E-state index is -0.681. The molecule has 2 atom stereocenters. The summed E-state index contributed by atoms with van der Waals surface area (Å²) in [6, 6.07) is 12.1. The van der Waals surface area contributed by atoms with E-state index in [0.717, 1.165) is 11.1 Å². The average molecular weight is 630 g/mol. The van der Waals surface area contributed by atoms with Crippen molar-refractivity contribution in [3.05, 3.63) is 99.9 Å². The molecule has 0 fully saturated rings. The van der Waals surface area contributed by atoms with Gasteiger partial charge in [0.15, 0.2) is 5.69 Å². The van der Waals surface area contributed by atoms with Crippen LogP contribution in [0.1, 0.15) is 75.4 Å². The van der Waals surface area contributed by atoms with E-state index < -0.39 is 23.9 Å². The van der Waals surface area contributed by atoms with Crippen LogP contribution in [-0.4, -0.2) is 63.1 Å². The molecule has 12 nitrogen and oxygen atoms in total. The summed E-state index contributed by atoms with van der Waals surface area (Å²) in [5, 5.41) is 10.9. The van der Waals surface area contributed by atoms with Crippen molar-refractivity contribution in [2.24, 2.45) is 5.92 Å². The molecule has 4 amide bonds. The van der Waals surface area contributed by atoms with Gasteiger partial charge in [-0.2, -0.15) is 0 Å². The van der Waals surface area contributed by atoms with Crippen molar-refractivity contribution in [2.75, 3.05) is 19.6 Å². The van der Waals surface area contributed by atoms with Crippen LogP contribution >= 0.6 is 11.3 Å². The largest absolute Gasteiger partial charge is 0.446 e. The van der Waals surface area contributed by atoms with Crippen molar-refractivity contribution < 1.29 is 23.6 Å². The number of pyridine rings is 1. The lowest BCUT2D eigenvalue weighted by Crippen LogP contribution is -2.45. The number of hydrogen-bond acceptors (Lipinski definition) is 9. The van der Waals surface area contributed by atoms with E-state index in [1.807, 2.05) is 56.3 Å². The molecule has 4 bridgehead atoms. The number of nitrogens with zero attached hydrogens (tertiary/aromatic N) is 4. The zero-order valence-electron chi connectivity index (χ0n) is 25.1. The Bertz CT molecular complexity index is 1620. The molecule has 234 valence electrons. The predicted octanol–water partition coefficient (Wildman–Crippen LogP) is 3.26. The van der Waals surface area contributed by atoms with Crippen molar-refractivity contribution in [2.45, 2.75) is 45.2 Å². The van der Waals surface area contributed by atoms with Crippen molar-refractivity contribution >= 4 is 35.0 Å². The molecule has 4 heterocycles. The van der Waals surface area contributed by atoms with Gasteiger partial charge in [-0.15, -0.1) is 11.3 Å². The molecule has 1 aliphatic heterocycles. The summed E-state index contributed by atoms with van der Waals surface area (Å²) >= 11 is 1.27. The van der Waals surface area contributed by atoms with Crippen LogP contribution in [0.15, 0.2) is 70.9 Å². The van der Waals surface area contributed by atoms with E-state index >= 15 is 0 Å². The average Bonchev–Trinajstić information content (AvgIpc) is 3.73. The highest BCUT2D eigenvalue weighted by Crippen LogP contribution is 2.26. The smallest absolute Gasteiger partial charge is 0.273 e. The quantitative estimate of drug-likeness (QED) is 0.293. The maximum atomic E-state index is 13.4. The summed E-state index contributed by atoms with van der Waals surface area (Å²) in [5.74, 6) is -1.42. The van der Waals surface area contributed by atoms with E-state index in [-0.39, 0.29) is 61.1 Å². The van der Waals surface area contributed by atoms with Gasteiger partial charge in [0.25, 0.3) is 11.8 Å². The molecule has 0 radical (unpaired) electrons. The molecule has 0 saturated carbocycles. The molecule has 0 aliphatic carbocycles. The topological polar surface area (TPSA) is 159 Å². The number of amides is 4. The Morgan fingerprint density at radius 1 is 1.00 bits per heavy atom. The molecule has 0 unspecified atom stereocenters. The van der Waals surface area contributed by atoms with Crippen LogP contribution < -0.4 is 16.0 Å². The Morgan fingerprint density at radius 2 is 1.78 bits per heavy atom. The number of benzene rings is 1. The normalized spacial score (nSPS) is 18.0. The second-order valence-electron chi connectivity index (χ2n) is 11.1. The predicted molar refractivity (Wildman–Crippen MR) is 166 cm³/mol. The number of carbonyl (C=O) groups excluding carboxylic acids is 4. The molecule has 4 aromatic rings. The van der Waals surface area contributed by atoms with Crippen molar-refractivity contribution in [1.82, 2.24) is 35.8 Å². The van der Waals surface area contributed by atoms with Crippen molar-refractivity contribution in [3.63, 3.8) is 0 Å². The Labute approximate surface area is 264 Å². The van der Waals surface area contributed by atoms with Gasteiger partial charge in [-0.1, -0.05) is 44.2 Å². The molecule has 0 saturated heterocycles. The van der Waals surface area contributed by atoms with Crippen LogP contribution in [-0.2, 0) is 22.4 Å². The summed E-state index contributed by atoms with van der Waals surface area (Å²) < 4.78 is 5.69. The minimum absolute atomic E-state index is 0.0300. The number of aryl methyl sites for hydroxylation is 1. The number of nitrogens with one attached hydrogen (secondary N) is 3. The third-order valence-corrected chi connectivity index (χ3v) is 8.30. The lowest BCUT2D eigenvalue weighted by molar-refractivity contribution is -0.136. The van der Waals surface area contributed by atoms with Crippen LogP contribution in [0, 0.1) is 5.92 Å². The van der Waals surface area contributed by atoms with E-state index in [1.54, 1.807) is 17.8 Å². The van der Waals surface area contributed by atoms with Gasteiger partial charge >= 0.3 is 0 Å². The molecule has 45 heavy (non-hydrogen) atoms. The van der Waals surface area contributed by atoms with E-state index in [0.29, 0.717) is 17.8 Å². The molecule has 3 N–H and O–H groups in total. The van der Waals surface area contributed by atoms with E-state index in [1.165, 1.54) is 22.5 Å². The number of aromatic nitrogens is 3. The fourth-order valence-electron chi connectivity index (χ4n) is 4.92. The Kier molecular flexibility index (Phi) is 10.3. The van der Waals surface area contributed by atoms with Crippen LogP contribution in [0.3, 0.4) is 0 Å². The van der Waals surface area contributed by atoms with Crippen molar-refractivity contribution in [3.8, 4) is 0 Å². The second kappa shape index (κ2) is 14.7. The molecule has 0 spiro atoms. The maximum Gasteiger partial charge on any atom is 0.273 e. The molecular weight excluding hydrogens is 594 g/mol. The van der Waals surface area contributed by atoms with E-state index in [2.05, 4.69) is 30.9 Å². The van der Waals surface area contributed by atoms with Crippen LogP contribution in [0.5, 0.6) is 0 Å². The second-order valence-corrected chi connectivity index (χ2v) is 12.0. The summed E-state index contributed by atoms with van der Waals surface area (Å²) in [6.45, 7) is 3.88. The summed E-state index contributed by atoms with van der Waals surface area (Å²) in [7, 11) is 0. The first-order valence-electron chi connectivity index (χ1n) is 14.8. The highest BCUT2D eigenvalue weighted by Gasteiger charge is 2.28. The Morgan fingerprint density at radius 3 is 2.53 bits per heavy atom. The van der Waals surface area contributed by atoms with E-state index in [9.17, 15) is 19.2 Å². The van der Waals surface area contributed by atoms with Crippen LogP contribution in [0.4, 0.5) is 0 Å². The van der Waals surface area contributed by atoms with Gasteiger partial charge in [0.05, 0.1) is 12.6 Å². The molecule has 13 heteroatoms. The lowest BCUT2D eigenvalue weighted by Gasteiger charge is -2.25. The third-order valence-electron chi connectivity index (χ3n) is 7.38. The fourth-order valence-corrected chi connectivity index (χ4v) is 5.94. The van der Waals surface area contributed by atoms with Gasteiger partial charge in [-0.25, -0.2) is 9.97 Å². The Balaban J connectivity index is 1.41. The first-order valence-corrected chi connectivity index (χ1v) is 15.6. The SMILES string of the molecule is CC(C)[C@@H]1NC(=O)CN(C(=O)CCc2ccncc2)CCNC(=O)c2coc(n2)[C@H](Cc2ccccc2)NC(=O)c2csc1n2. The highest BCUT2D eigenvalue weighted by molar-refractivity contribution is 7.09. The third kappa shape index (κ3) is 8.38. The van der Waals surface area contributed by atoms with Gasteiger partial charge in [0.2, 0.25) is 17.7 Å². The first kappa shape index (κ1) is 31.5. The molecule has 1 aliphatic rings. The summed E-state index contributed by atoms with van der Waals surface area (Å²) in [5.41, 5.74) is 2.10. The van der Waals surface area contributed by atoms with Gasteiger partial charge in [-0.05, 0) is 35.6 Å². The van der Waals surface area contributed by atoms with Crippen LogP contribution in [0.2, 0.25) is 0 Å². The van der Waals surface area contributed by atoms with Crippen LogP contribution in [0.25, 0.3) is 0 Å².